The fourth-order valence-corrected chi connectivity index (χ4v) is 2.45. The molecule has 0 amide bonds. The Labute approximate surface area is 98.4 Å². The quantitative estimate of drug-likeness (QED) is 0.842. The molecule has 0 radical (unpaired) electrons. The monoisotopic (exact) mass is 218 g/mol. The van der Waals surface area contributed by atoms with Gasteiger partial charge in [0.2, 0.25) is 0 Å². The third-order valence-electron chi connectivity index (χ3n) is 3.53. The molecule has 0 saturated carbocycles. The second-order valence-corrected chi connectivity index (χ2v) is 4.94. The van der Waals surface area contributed by atoms with Crippen LogP contribution in [0.3, 0.4) is 0 Å². The molecule has 2 N–H and O–H groups in total. The highest BCUT2D eigenvalue weighted by molar-refractivity contribution is 5.22. The molecule has 0 bridgehead atoms. The molecule has 2 heteroatoms. The molecule has 1 heterocycles. The first-order chi connectivity index (χ1) is 7.78. The largest absolute Gasteiger partial charge is 0.330 e. The zero-order chi connectivity index (χ0) is 11.4. The van der Waals surface area contributed by atoms with Crippen LogP contribution in [0, 0.1) is 12.8 Å². The van der Waals surface area contributed by atoms with Crippen molar-refractivity contribution in [1.29, 1.82) is 0 Å². The van der Waals surface area contributed by atoms with Gasteiger partial charge in [-0.1, -0.05) is 29.8 Å². The summed E-state index contributed by atoms with van der Waals surface area (Å²) in [7, 11) is 0. The molecule has 0 unspecified atom stereocenters. The molecule has 2 rings (SSSR count). The van der Waals surface area contributed by atoms with Gasteiger partial charge in [-0.3, -0.25) is 4.90 Å². The van der Waals surface area contributed by atoms with Crippen LogP contribution >= 0.6 is 0 Å². The summed E-state index contributed by atoms with van der Waals surface area (Å²) in [6, 6.07) is 8.82. The number of nitrogens with two attached hydrogens (primary N) is 1. The zero-order valence-corrected chi connectivity index (χ0v) is 10.2. The number of nitrogens with zero attached hydrogens (tertiary/aromatic N) is 1. The van der Waals surface area contributed by atoms with E-state index >= 15 is 0 Å². The number of benzene rings is 1. The van der Waals surface area contributed by atoms with E-state index in [9.17, 15) is 0 Å². The van der Waals surface area contributed by atoms with E-state index in [0.29, 0.717) is 0 Å². The Hall–Kier alpha value is -0.860. The highest BCUT2D eigenvalue weighted by Crippen LogP contribution is 2.18. The van der Waals surface area contributed by atoms with Crippen LogP contribution in [-0.4, -0.2) is 24.5 Å². The maximum atomic E-state index is 5.70. The van der Waals surface area contributed by atoms with Crippen LogP contribution in [0.1, 0.15) is 24.0 Å². The minimum atomic E-state index is 0.758. The van der Waals surface area contributed by atoms with Crippen molar-refractivity contribution in [2.45, 2.75) is 26.3 Å². The zero-order valence-electron chi connectivity index (χ0n) is 10.2. The maximum absolute atomic E-state index is 5.70. The highest BCUT2D eigenvalue weighted by atomic mass is 15.1. The van der Waals surface area contributed by atoms with Crippen LogP contribution in [0.2, 0.25) is 0 Å². The molecule has 1 fully saturated rings. The van der Waals surface area contributed by atoms with Gasteiger partial charge in [0, 0.05) is 6.54 Å². The summed E-state index contributed by atoms with van der Waals surface area (Å²) in [5, 5.41) is 0. The Morgan fingerprint density at radius 1 is 1.31 bits per heavy atom. The van der Waals surface area contributed by atoms with Crippen molar-refractivity contribution < 1.29 is 0 Å². The molecule has 2 nitrogen and oxygen atoms in total. The molecule has 1 aromatic carbocycles. The van der Waals surface area contributed by atoms with Crippen molar-refractivity contribution in [2.24, 2.45) is 11.7 Å². The Bertz CT molecular complexity index is 327. The topological polar surface area (TPSA) is 29.3 Å². The second kappa shape index (κ2) is 5.46. The first-order valence-electron chi connectivity index (χ1n) is 6.26. The van der Waals surface area contributed by atoms with E-state index in [1.54, 1.807) is 0 Å². The number of likely N-dealkylation sites (tertiary alicyclic amines) is 1. The standard InChI is InChI=1S/C14H22N2/c1-12-3-2-4-14(9-12)11-16-7-5-13(10-15)6-8-16/h2-4,9,13H,5-8,10-11,15H2,1H3. The fraction of sp³-hybridized carbons (Fsp3) is 0.571. The Morgan fingerprint density at radius 2 is 2.06 bits per heavy atom. The first-order valence-corrected chi connectivity index (χ1v) is 6.26. The molecule has 1 saturated heterocycles. The van der Waals surface area contributed by atoms with E-state index in [1.807, 2.05) is 0 Å². The van der Waals surface area contributed by atoms with E-state index in [0.717, 1.165) is 19.0 Å². The van der Waals surface area contributed by atoms with Gasteiger partial charge in [0.15, 0.2) is 0 Å². The third-order valence-corrected chi connectivity index (χ3v) is 3.53. The average molecular weight is 218 g/mol. The summed E-state index contributed by atoms with van der Waals surface area (Å²) in [5.41, 5.74) is 8.49. The van der Waals surface area contributed by atoms with Crippen molar-refractivity contribution in [1.82, 2.24) is 4.90 Å². The predicted molar refractivity (Wildman–Crippen MR) is 68.2 cm³/mol. The van der Waals surface area contributed by atoms with Crippen LogP contribution < -0.4 is 5.73 Å². The number of hydrogen-bond acceptors (Lipinski definition) is 2. The Balaban J connectivity index is 1.87. The minimum absolute atomic E-state index is 0.758. The summed E-state index contributed by atoms with van der Waals surface area (Å²) in [6.45, 7) is 6.52. The summed E-state index contributed by atoms with van der Waals surface area (Å²) < 4.78 is 0. The summed E-state index contributed by atoms with van der Waals surface area (Å²) >= 11 is 0. The average Bonchev–Trinajstić information content (AvgIpc) is 2.30. The van der Waals surface area contributed by atoms with E-state index < -0.39 is 0 Å². The van der Waals surface area contributed by atoms with Gasteiger partial charge in [0.05, 0.1) is 0 Å². The molecule has 16 heavy (non-hydrogen) atoms. The normalized spacial score (nSPS) is 18.9. The molecule has 0 spiro atoms. The fourth-order valence-electron chi connectivity index (χ4n) is 2.45. The van der Waals surface area contributed by atoms with Gasteiger partial charge >= 0.3 is 0 Å². The molecule has 88 valence electrons. The smallest absolute Gasteiger partial charge is 0.0233 e. The lowest BCUT2D eigenvalue weighted by Gasteiger charge is -2.31. The van der Waals surface area contributed by atoms with Crippen molar-refractivity contribution in [3.63, 3.8) is 0 Å². The van der Waals surface area contributed by atoms with Gasteiger partial charge < -0.3 is 5.73 Å². The van der Waals surface area contributed by atoms with E-state index in [1.165, 1.54) is 37.1 Å². The molecule has 1 aliphatic heterocycles. The predicted octanol–water partition coefficient (Wildman–Crippen LogP) is 2.17. The molecule has 0 aliphatic carbocycles. The van der Waals surface area contributed by atoms with Gasteiger partial charge in [0.1, 0.15) is 0 Å². The number of rotatable bonds is 3. The van der Waals surface area contributed by atoms with E-state index in [2.05, 4.69) is 36.1 Å². The highest BCUT2D eigenvalue weighted by Gasteiger charge is 2.17. The Morgan fingerprint density at radius 3 is 2.69 bits per heavy atom. The van der Waals surface area contributed by atoms with Crippen LogP contribution in [0.15, 0.2) is 24.3 Å². The number of piperidine rings is 1. The van der Waals surface area contributed by atoms with Gasteiger partial charge in [-0.2, -0.15) is 0 Å². The summed E-state index contributed by atoms with van der Waals surface area (Å²) in [5.74, 6) is 0.758. The van der Waals surface area contributed by atoms with E-state index in [4.69, 9.17) is 5.73 Å². The lowest BCUT2D eigenvalue weighted by molar-refractivity contribution is 0.180. The molecule has 0 aromatic heterocycles. The molecular weight excluding hydrogens is 196 g/mol. The SMILES string of the molecule is Cc1cccc(CN2CCC(CN)CC2)c1. The lowest BCUT2D eigenvalue weighted by Crippen LogP contribution is -2.35. The molecule has 1 aliphatic rings. The van der Waals surface area contributed by atoms with Gasteiger partial charge in [-0.15, -0.1) is 0 Å². The van der Waals surface area contributed by atoms with Crippen LogP contribution in [0.5, 0.6) is 0 Å². The Kier molecular flexibility index (Phi) is 3.97. The molecular formula is C14H22N2. The van der Waals surface area contributed by atoms with Crippen molar-refractivity contribution in [2.75, 3.05) is 19.6 Å². The summed E-state index contributed by atoms with van der Waals surface area (Å²) in [6.07, 6.45) is 2.53. The molecule has 1 aromatic rings. The van der Waals surface area contributed by atoms with Gasteiger partial charge in [-0.25, -0.2) is 0 Å². The first kappa shape index (κ1) is 11.6. The number of aryl methyl sites for hydroxylation is 1. The summed E-state index contributed by atoms with van der Waals surface area (Å²) in [4.78, 5) is 2.54. The molecule has 0 atom stereocenters. The van der Waals surface area contributed by atoms with Crippen LogP contribution in [0.4, 0.5) is 0 Å². The van der Waals surface area contributed by atoms with Crippen molar-refractivity contribution in [3.05, 3.63) is 35.4 Å². The van der Waals surface area contributed by atoms with E-state index in [-0.39, 0.29) is 0 Å². The maximum Gasteiger partial charge on any atom is 0.0233 e. The third kappa shape index (κ3) is 3.06. The second-order valence-electron chi connectivity index (χ2n) is 4.94. The number of hydrogen-bond donors (Lipinski definition) is 1. The van der Waals surface area contributed by atoms with Crippen LogP contribution in [0.25, 0.3) is 0 Å². The van der Waals surface area contributed by atoms with Gasteiger partial charge in [-0.05, 0) is 50.9 Å². The van der Waals surface area contributed by atoms with Crippen molar-refractivity contribution in [3.8, 4) is 0 Å². The minimum Gasteiger partial charge on any atom is -0.330 e. The van der Waals surface area contributed by atoms with Crippen molar-refractivity contribution >= 4 is 0 Å². The van der Waals surface area contributed by atoms with Gasteiger partial charge in [0.25, 0.3) is 0 Å². The van der Waals surface area contributed by atoms with Crippen LogP contribution in [-0.2, 0) is 6.54 Å². The lowest BCUT2D eigenvalue weighted by atomic mass is 9.97.